The van der Waals surface area contributed by atoms with Gasteiger partial charge in [0.25, 0.3) is 5.91 Å². The molecule has 0 aromatic heterocycles. The Bertz CT molecular complexity index is 800. The SMILES string of the molecule is COc1ccc(C(=O)Nc2ccccc2CN(C)C2CCCCC2)c(OC)c1. The molecule has 0 aliphatic heterocycles. The second-order valence-corrected chi connectivity index (χ2v) is 7.38. The summed E-state index contributed by atoms with van der Waals surface area (Å²) in [6, 6.07) is 13.8. The highest BCUT2D eigenvalue weighted by atomic mass is 16.5. The molecule has 150 valence electrons. The van der Waals surface area contributed by atoms with Crippen LogP contribution in [-0.4, -0.2) is 38.1 Å². The number of hydrogen-bond donors (Lipinski definition) is 1. The molecule has 1 aliphatic carbocycles. The Morgan fingerprint density at radius 2 is 1.82 bits per heavy atom. The molecule has 0 atom stereocenters. The van der Waals surface area contributed by atoms with Crippen molar-refractivity contribution in [1.82, 2.24) is 4.90 Å². The zero-order valence-corrected chi connectivity index (χ0v) is 17.0. The summed E-state index contributed by atoms with van der Waals surface area (Å²) >= 11 is 0. The fourth-order valence-corrected chi connectivity index (χ4v) is 3.88. The van der Waals surface area contributed by atoms with Gasteiger partial charge < -0.3 is 14.8 Å². The van der Waals surface area contributed by atoms with Gasteiger partial charge in [-0.25, -0.2) is 0 Å². The lowest BCUT2D eigenvalue weighted by Crippen LogP contribution is -2.33. The van der Waals surface area contributed by atoms with Crippen molar-refractivity contribution in [3.05, 3.63) is 53.6 Å². The van der Waals surface area contributed by atoms with E-state index in [9.17, 15) is 4.79 Å². The molecule has 0 unspecified atom stereocenters. The van der Waals surface area contributed by atoms with Crippen molar-refractivity contribution in [3.63, 3.8) is 0 Å². The van der Waals surface area contributed by atoms with Crippen molar-refractivity contribution in [2.75, 3.05) is 26.6 Å². The summed E-state index contributed by atoms with van der Waals surface area (Å²) in [4.78, 5) is 15.3. The van der Waals surface area contributed by atoms with Crippen LogP contribution in [-0.2, 0) is 6.54 Å². The standard InChI is InChI=1S/C23H30N2O3/c1-25(18-10-5-4-6-11-18)16-17-9-7-8-12-21(17)24-23(26)20-14-13-19(27-2)15-22(20)28-3/h7-9,12-15,18H,4-6,10-11,16H2,1-3H3,(H,24,26). The second kappa shape index (κ2) is 9.60. The predicted octanol–water partition coefficient (Wildman–Crippen LogP) is 4.72. The molecule has 3 rings (SSSR count). The summed E-state index contributed by atoms with van der Waals surface area (Å²) in [5, 5.41) is 3.06. The van der Waals surface area contributed by atoms with Gasteiger partial charge in [0.15, 0.2) is 0 Å². The molecule has 5 nitrogen and oxygen atoms in total. The summed E-state index contributed by atoms with van der Waals surface area (Å²) in [5.74, 6) is 0.962. The predicted molar refractivity (Wildman–Crippen MR) is 112 cm³/mol. The third kappa shape index (κ3) is 4.84. The summed E-state index contributed by atoms with van der Waals surface area (Å²) in [7, 11) is 5.33. The molecule has 2 aromatic carbocycles. The van der Waals surface area contributed by atoms with Gasteiger partial charge in [-0.15, -0.1) is 0 Å². The lowest BCUT2D eigenvalue weighted by molar-refractivity contribution is 0.102. The number of para-hydroxylation sites is 1. The molecule has 0 bridgehead atoms. The first kappa shape index (κ1) is 20.2. The van der Waals surface area contributed by atoms with E-state index in [-0.39, 0.29) is 5.91 Å². The fraction of sp³-hybridized carbons (Fsp3) is 0.435. The van der Waals surface area contributed by atoms with Crippen LogP contribution < -0.4 is 14.8 Å². The molecule has 0 radical (unpaired) electrons. The Kier molecular flexibility index (Phi) is 6.93. The van der Waals surface area contributed by atoms with E-state index in [1.165, 1.54) is 32.1 Å². The number of rotatable bonds is 7. The van der Waals surface area contributed by atoms with Gasteiger partial charge in [-0.3, -0.25) is 9.69 Å². The first-order valence-corrected chi connectivity index (χ1v) is 9.94. The van der Waals surface area contributed by atoms with Crippen molar-refractivity contribution in [3.8, 4) is 11.5 Å². The highest BCUT2D eigenvalue weighted by Crippen LogP contribution is 2.27. The van der Waals surface area contributed by atoms with E-state index in [4.69, 9.17) is 9.47 Å². The van der Waals surface area contributed by atoms with E-state index in [1.54, 1.807) is 32.4 Å². The molecule has 1 amide bonds. The van der Waals surface area contributed by atoms with Gasteiger partial charge in [0.2, 0.25) is 0 Å². The highest BCUT2D eigenvalue weighted by Gasteiger charge is 2.20. The van der Waals surface area contributed by atoms with E-state index < -0.39 is 0 Å². The van der Waals surface area contributed by atoms with Gasteiger partial charge in [0.05, 0.1) is 19.8 Å². The van der Waals surface area contributed by atoms with Gasteiger partial charge in [0.1, 0.15) is 11.5 Å². The van der Waals surface area contributed by atoms with Crippen LogP contribution in [0.2, 0.25) is 0 Å². The van der Waals surface area contributed by atoms with Crippen molar-refractivity contribution >= 4 is 11.6 Å². The van der Waals surface area contributed by atoms with Crippen LogP contribution in [0.1, 0.15) is 48.0 Å². The van der Waals surface area contributed by atoms with Gasteiger partial charge in [-0.05, 0) is 43.7 Å². The number of ether oxygens (including phenoxy) is 2. The number of nitrogens with zero attached hydrogens (tertiary/aromatic N) is 1. The number of nitrogens with one attached hydrogen (secondary N) is 1. The zero-order valence-electron chi connectivity index (χ0n) is 17.0. The third-order valence-electron chi connectivity index (χ3n) is 5.54. The second-order valence-electron chi connectivity index (χ2n) is 7.38. The quantitative estimate of drug-likeness (QED) is 0.753. The minimum Gasteiger partial charge on any atom is -0.497 e. The first-order chi connectivity index (χ1) is 13.6. The van der Waals surface area contributed by atoms with Crippen molar-refractivity contribution in [2.45, 2.75) is 44.7 Å². The Labute approximate surface area is 167 Å². The number of benzene rings is 2. The maximum absolute atomic E-state index is 12.9. The maximum atomic E-state index is 12.9. The van der Waals surface area contributed by atoms with Crippen LogP contribution in [0, 0.1) is 0 Å². The van der Waals surface area contributed by atoms with Crippen LogP contribution in [0.3, 0.4) is 0 Å². The zero-order chi connectivity index (χ0) is 19.9. The van der Waals surface area contributed by atoms with Gasteiger partial charge in [0, 0.05) is 24.3 Å². The number of carbonyl (C=O) groups excluding carboxylic acids is 1. The molecule has 1 N–H and O–H groups in total. The Balaban J connectivity index is 1.75. The normalized spacial score (nSPS) is 14.7. The van der Waals surface area contributed by atoms with E-state index in [0.717, 1.165) is 17.8 Å². The van der Waals surface area contributed by atoms with E-state index >= 15 is 0 Å². The van der Waals surface area contributed by atoms with E-state index in [0.29, 0.717) is 23.1 Å². The Hall–Kier alpha value is -2.53. The topological polar surface area (TPSA) is 50.8 Å². The number of carbonyl (C=O) groups is 1. The molecule has 0 saturated heterocycles. The lowest BCUT2D eigenvalue weighted by atomic mass is 9.94. The molecular weight excluding hydrogens is 352 g/mol. The van der Waals surface area contributed by atoms with E-state index in [2.05, 4.69) is 23.3 Å². The van der Waals surface area contributed by atoms with Crippen molar-refractivity contribution in [1.29, 1.82) is 0 Å². The molecule has 2 aromatic rings. The van der Waals surface area contributed by atoms with Crippen LogP contribution in [0.25, 0.3) is 0 Å². The maximum Gasteiger partial charge on any atom is 0.259 e. The summed E-state index contributed by atoms with van der Waals surface area (Å²) in [6.07, 6.45) is 6.48. The molecule has 1 fully saturated rings. The first-order valence-electron chi connectivity index (χ1n) is 9.94. The minimum atomic E-state index is -0.188. The molecule has 0 heterocycles. The van der Waals surface area contributed by atoms with Crippen molar-refractivity contribution < 1.29 is 14.3 Å². The van der Waals surface area contributed by atoms with Crippen molar-refractivity contribution in [2.24, 2.45) is 0 Å². The van der Waals surface area contributed by atoms with E-state index in [1.807, 2.05) is 18.2 Å². The van der Waals surface area contributed by atoms with Crippen LogP contribution >= 0.6 is 0 Å². The number of hydrogen-bond acceptors (Lipinski definition) is 4. The van der Waals surface area contributed by atoms with Gasteiger partial charge >= 0.3 is 0 Å². The average molecular weight is 383 g/mol. The molecule has 1 aliphatic rings. The molecule has 0 spiro atoms. The Morgan fingerprint density at radius 3 is 2.54 bits per heavy atom. The summed E-state index contributed by atoms with van der Waals surface area (Å²) in [5.41, 5.74) is 2.45. The third-order valence-corrected chi connectivity index (χ3v) is 5.54. The smallest absolute Gasteiger partial charge is 0.259 e. The largest absolute Gasteiger partial charge is 0.497 e. The number of amides is 1. The van der Waals surface area contributed by atoms with Crippen LogP contribution in [0.15, 0.2) is 42.5 Å². The molecule has 1 saturated carbocycles. The highest BCUT2D eigenvalue weighted by molar-refractivity contribution is 6.06. The Morgan fingerprint density at radius 1 is 1.07 bits per heavy atom. The minimum absolute atomic E-state index is 0.188. The summed E-state index contributed by atoms with van der Waals surface area (Å²) in [6.45, 7) is 0.820. The molecule has 28 heavy (non-hydrogen) atoms. The van der Waals surface area contributed by atoms with Gasteiger partial charge in [-0.1, -0.05) is 37.5 Å². The average Bonchev–Trinajstić information content (AvgIpc) is 2.75. The molecule has 5 heteroatoms. The van der Waals surface area contributed by atoms with Crippen LogP contribution in [0.5, 0.6) is 11.5 Å². The summed E-state index contributed by atoms with van der Waals surface area (Å²) < 4.78 is 10.6. The number of anilines is 1. The number of methoxy groups -OCH3 is 2. The van der Waals surface area contributed by atoms with Gasteiger partial charge in [-0.2, -0.15) is 0 Å². The fourth-order valence-electron chi connectivity index (χ4n) is 3.88. The monoisotopic (exact) mass is 382 g/mol. The lowest BCUT2D eigenvalue weighted by Gasteiger charge is -2.31. The van der Waals surface area contributed by atoms with Crippen LogP contribution in [0.4, 0.5) is 5.69 Å². The molecular formula is C23H30N2O3.